The van der Waals surface area contributed by atoms with Gasteiger partial charge in [-0.3, -0.25) is 14.2 Å². The number of halogens is 2. The fourth-order valence-electron chi connectivity index (χ4n) is 3.22. The van der Waals surface area contributed by atoms with Gasteiger partial charge in [-0.25, -0.2) is 0 Å². The normalized spacial score (nSPS) is 11.1. The SMILES string of the molecule is Cc1nn(Cc2c(C(=O)Nc3cnn(Cc4ccc(Cl)cc4)c3)noc2C)c(C)c1Cl. The minimum atomic E-state index is -0.384. The number of hydrogen-bond acceptors (Lipinski definition) is 5. The Balaban J connectivity index is 1.49. The average molecular weight is 459 g/mol. The van der Waals surface area contributed by atoms with Crippen LogP contribution in [0.2, 0.25) is 10.0 Å². The van der Waals surface area contributed by atoms with E-state index in [1.54, 1.807) is 28.7 Å². The Morgan fingerprint density at radius 1 is 1.13 bits per heavy atom. The number of amides is 1. The quantitative estimate of drug-likeness (QED) is 0.453. The van der Waals surface area contributed by atoms with Crippen LogP contribution in [0.3, 0.4) is 0 Å². The third-order valence-electron chi connectivity index (χ3n) is 4.95. The Labute approximate surface area is 188 Å². The van der Waals surface area contributed by atoms with Gasteiger partial charge in [0.05, 0.1) is 41.4 Å². The summed E-state index contributed by atoms with van der Waals surface area (Å²) in [6.45, 7) is 6.35. The van der Waals surface area contributed by atoms with Gasteiger partial charge in [0.1, 0.15) is 5.76 Å². The number of aryl methyl sites for hydroxylation is 2. The molecule has 0 saturated heterocycles. The highest BCUT2D eigenvalue weighted by atomic mass is 35.5. The van der Waals surface area contributed by atoms with Gasteiger partial charge in [-0.05, 0) is 38.5 Å². The van der Waals surface area contributed by atoms with Gasteiger partial charge in [-0.15, -0.1) is 0 Å². The fraction of sp³-hybridized carbons (Fsp3) is 0.238. The van der Waals surface area contributed by atoms with Crippen molar-refractivity contribution in [2.75, 3.05) is 5.32 Å². The molecule has 0 bridgehead atoms. The monoisotopic (exact) mass is 458 g/mol. The fourth-order valence-corrected chi connectivity index (χ4v) is 3.48. The van der Waals surface area contributed by atoms with Crippen LogP contribution in [0.5, 0.6) is 0 Å². The van der Waals surface area contributed by atoms with Crippen LogP contribution < -0.4 is 5.32 Å². The van der Waals surface area contributed by atoms with E-state index >= 15 is 0 Å². The van der Waals surface area contributed by atoms with Crippen molar-refractivity contribution < 1.29 is 9.32 Å². The lowest BCUT2D eigenvalue weighted by Crippen LogP contribution is -2.16. The van der Waals surface area contributed by atoms with E-state index in [-0.39, 0.29) is 11.6 Å². The smallest absolute Gasteiger partial charge is 0.278 e. The first-order valence-corrected chi connectivity index (χ1v) is 10.3. The van der Waals surface area contributed by atoms with Crippen LogP contribution >= 0.6 is 23.2 Å². The molecular weight excluding hydrogens is 439 g/mol. The van der Waals surface area contributed by atoms with Crippen LogP contribution in [-0.2, 0) is 13.1 Å². The van der Waals surface area contributed by atoms with Crippen molar-refractivity contribution in [2.24, 2.45) is 0 Å². The molecule has 3 heterocycles. The summed E-state index contributed by atoms with van der Waals surface area (Å²) in [7, 11) is 0. The minimum Gasteiger partial charge on any atom is -0.361 e. The zero-order valence-corrected chi connectivity index (χ0v) is 18.7. The second kappa shape index (κ2) is 8.56. The minimum absolute atomic E-state index is 0.201. The lowest BCUT2D eigenvalue weighted by Gasteiger charge is -2.06. The molecule has 4 rings (SSSR count). The van der Waals surface area contributed by atoms with E-state index in [4.69, 9.17) is 27.7 Å². The predicted octanol–water partition coefficient (Wildman–Crippen LogP) is 4.65. The standard InChI is InChI=1S/C21H20Cl2N6O2/c1-12-19(23)13(2)29(26-12)11-18-14(3)31-27-20(18)21(30)25-17-8-24-28(10-17)9-15-4-6-16(22)7-5-15/h4-8,10H,9,11H2,1-3H3,(H,25,30). The maximum atomic E-state index is 12.9. The number of carbonyl (C=O) groups is 1. The summed E-state index contributed by atoms with van der Waals surface area (Å²) in [5, 5.41) is 16.8. The highest BCUT2D eigenvalue weighted by Gasteiger charge is 2.22. The number of carbonyl (C=O) groups excluding carboxylic acids is 1. The number of rotatable bonds is 6. The molecule has 31 heavy (non-hydrogen) atoms. The van der Waals surface area contributed by atoms with Gasteiger partial charge < -0.3 is 9.84 Å². The molecule has 1 aromatic carbocycles. The number of aromatic nitrogens is 5. The van der Waals surface area contributed by atoms with E-state index in [0.717, 1.165) is 17.0 Å². The second-order valence-electron chi connectivity index (χ2n) is 7.22. The van der Waals surface area contributed by atoms with E-state index in [1.165, 1.54) is 0 Å². The zero-order valence-electron chi connectivity index (χ0n) is 17.2. The van der Waals surface area contributed by atoms with Crippen LogP contribution in [-0.4, -0.2) is 30.6 Å². The van der Waals surface area contributed by atoms with Crippen molar-refractivity contribution in [3.05, 3.63) is 80.7 Å². The Morgan fingerprint density at radius 3 is 2.55 bits per heavy atom. The Hall–Kier alpha value is -3.10. The van der Waals surface area contributed by atoms with Gasteiger partial charge in [-0.1, -0.05) is 40.5 Å². The molecule has 10 heteroatoms. The summed E-state index contributed by atoms with van der Waals surface area (Å²) in [6.07, 6.45) is 3.33. The van der Waals surface area contributed by atoms with Gasteiger partial charge in [0.15, 0.2) is 5.69 Å². The summed E-state index contributed by atoms with van der Waals surface area (Å²) >= 11 is 12.2. The van der Waals surface area contributed by atoms with Crippen LogP contribution in [0.1, 0.15) is 38.8 Å². The molecule has 0 aliphatic rings. The van der Waals surface area contributed by atoms with Crippen LogP contribution in [0.15, 0.2) is 41.2 Å². The molecule has 0 aliphatic carbocycles. The summed E-state index contributed by atoms with van der Waals surface area (Å²) in [4.78, 5) is 12.9. The third-order valence-corrected chi connectivity index (χ3v) is 5.75. The Morgan fingerprint density at radius 2 is 1.87 bits per heavy atom. The molecule has 160 valence electrons. The van der Waals surface area contributed by atoms with Crippen molar-refractivity contribution in [3.63, 3.8) is 0 Å². The molecule has 0 aliphatic heterocycles. The lowest BCUT2D eigenvalue weighted by molar-refractivity contribution is 0.101. The van der Waals surface area contributed by atoms with Crippen LogP contribution in [0.25, 0.3) is 0 Å². The number of benzene rings is 1. The summed E-state index contributed by atoms with van der Waals surface area (Å²) in [5.41, 5.74) is 3.99. The molecule has 0 saturated carbocycles. The van der Waals surface area contributed by atoms with Crippen molar-refractivity contribution in [1.29, 1.82) is 0 Å². The van der Waals surface area contributed by atoms with Gasteiger partial charge in [0.25, 0.3) is 5.91 Å². The molecule has 8 nitrogen and oxygen atoms in total. The van der Waals surface area contributed by atoms with E-state index in [9.17, 15) is 4.79 Å². The van der Waals surface area contributed by atoms with E-state index in [0.29, 0.717) is 40.1 Å². The van der Waals surface area contributed by atoms with Gasteiger partial charge in [0.2, 0.25) is 0 Å². The number of anilines is 1. The van der Waals surface area contributed by atoms with Crippen molar-refractivity contribution >= 4 is 34.8 Å². The zero-order chi connectivity index (χ0) is 22.1. The van der Waals surface area contributed by atoms with Crippen LogP contribution in [0.4, 0.5) is 5.69 Å². The van der Waals surface area contributed by atoms with Crippen molar-refractivity contribution in [3.8, 4) is 0 Å². The molecule has 1 N–H and O–H groups in total. The molecule has 0 atom stereocenters. The highest BCUT2D eigenvalue weighted by molar-refractivity contribution is 6.31. The molecular formula is C21H20Cl2N6O2. The molecule has 0 unspecified atom stereocenters. The Kier molecular flexibility index (Phi) is 5.84. The van der Waals surface area contributed by atoms with Gasteiger partial charge >= 0.3 is 0 Å². The average Bonchev–Trinajstić information content (AvgIpc) is 3.40. The third kappa shape index (κ3) is 4.50. The van der Waals surface area contributed by atoms with Crippen molar-refractivity contribution in [2.45, 2.75) is 33.9 Å². The Bertz CT molecular complexity index is 1240. The molecule has 1 amide bonds. The number of nitrogens with zero attached hydrogens (tertiary/aromatic N) is 5. The van der Waals surface area contributed by atoms with Crippen molar-refractivity contribution in [1.82, 2.24) is 24.7 Å². The number of nitrogens with one attached hydrogen (secondary N) is 1. The first-order valence-electron chi connectivity index (χ1n) is 9.54. The molecule has 3 aromatic heterocycles. The predicted molar refractivity (Wildman–Crippen MR) is 118 cm³/mol. The van der Waals surface area contributed by atoms with E-state index in [1.807, 2.05) is 38.1 Å². The maximum absolute atomic E-state index is 12.9. The number of hydrogen-bond donors (Lipinski definition) is 1. The van der Waals surface area contributed by atoms with Gasteiger partial charge in [-0.2, -0.15) is 10.2 Å². The maximum Gasteiger partial charge on any atom is 0.278 e. The molecule has 0 radical (unpaired) electrons. The molecule has 4 aromatic rings. The largest absolute Gasteiger partial charge is 0.361 e. The summed E-state index contributed by atoms with van der Waals surface area (Å²) in [6, 6.07) is 7.51. The van der Waals surface area contributed by atoms with E-state index in [2.05, 4.69) is 20.7 Å². The molecule has 0 fully saturated rings. The second-order valence-corrected chi connectivity index (χ2v) is 8.03. The van der Waals surface area contributed by atoms with Gasteiger partial charge in [0, 0.05) is 16.8 Å². The highest BCUT2D eigenvalue weighted by Crippen LogP contribution is 2.23. The first kappa shape index (κ1) is 21.1. The lowest BCUT2D eigenvalue weighted by atomic mass is 10.2. The summed E-state index contributed by atoms with van der Waals surface area (Å²) < 4.78 is 8.74. The summed E-state index contributed by atoms with van der Waals surface area (Å²) in [5.74, 6) is 0.165. The topological polar surface area (TPSA) is 90.8 Å². The van der Waals surface area contributed by atoms with Crippen LogP contribution in [0, 0.1) is 20.8 Å². The van der Waals surface area contributed by atoms with E-state index < -0.39 is 0 Å². The molecule has 0 spiro atoms. The first-order chi connectivity index (χ1) is 14.8.